The van der Waals surface area contributed by atoms with Crippen molar-refractivity contribution >= 4 is 15.9 Å². The summed E-state index contributed by atoms with van der Waals surface area (Å²) in [5, 5.41) is 3.51. The lowest BCUT2D eigenvalue weighted by molar-refractivity contribution is 0.184. The van der Waals surface area contributed by atoms with E-state index >= 15 is 0 Å². The van der Waals surface area contributed by atoms with E-state index in [1.54, 1.807) is 7.11 Å². The number of methoxy groups -OCH3 is 1. The molecule has 1 unspecified atom stereocenters. The number of nitrogens with one attached hydrogen (secondary N) is 1. The van der Waals surface area contributed by atoms with Gasteiger partial charge in [0.15, 0.2) is 0 Å². The van der Waals surface area contributed by atoms with Crippen molar-refractivity contribution in [3.05, 3.63) is 28.2 Å². The quantitative estimate of drug-likeness (QED) is 0.642. The highest BCUT2D eigenvalue weighted by Crippen LogP contribution is 2.28. The smallest absolute Gasteiger partial charge is 0.124 e. The number of benzene rings is 1. The average Bonchev–Trinajstić information content (AvgIpc) is 2.45. The van der Waals surface area contributed by atoms with E-state index in [1.165, 1.54) is 5.56 Å². The van der Waals surface area contributed by atoms with Crippen molar-refractivity contribution in [3.8, 4) is 5.75 Å². The van der Waals surface area contributed by atoms with E-state index in [2.05, 4.69) is 41.2 Å². The fraction of sp³-hybridized carbons (Fsp3) is 0.625. The summed E-state index contributed by atoms with van der Waals surface area (Å²) >= 11 is 3.54. The van der Waals surface area contributed by atoms with Gasteiger partial charge in [-0.2, -0.15) is 0 Å². The topological polar surface area (TPSA) is 30.5 Å². The van der Waals surface area contributed by atoms with E-state index in [0.717, 1.165) is 49.2 Å². The Balaban J connectivity index is 2.59. The molecule has 0 fully saturated rings. The molecule has 0 heterocycles. The summed E-state index contributed by atoms with van der Waals surface area (Å²) < 4.78 is 12.1. The Morgan fingerprint density at radius 1 is 1.25 bits per heavy atom. The van der Waals surface area contributed by atoms with Crippen molar-refractivity contribution < 1.29 is 9.47 Å². The number of hydrogen-bond donors (Lipinski definition) is 1. The zero-order chi connectivity index (χ0) is 14.8. The maximum atomic E-state index is 5.92. The van der Waals surface area contributed by atoms with Gasteiger partial charge in [0.2, 0.25) is 0 Å². The summed E-state index contributed by atoms with van der Waals surface area (Å²) in [7, 11) is 1.73. The van der Waals surface area contributed by atoms with Crippen molar-refractivity contribution in [2.75, 3.05) is 26.9 Å². The highest BCUT2D eigenvalue weighted by molar-refractivity contribution is 9.10. The summed E-state index contributed by atoms with van der Waals surface area (Å²) in [6.07, 6.45) is 3.18. The predicted molar refractivity (Wildman–Crippen MR) is 87.5 cm³/mol. The van der Waals surface area contributed by atoms with Crippen LogP contribution in [0.4, 0.5) is 0 Å². The molecule has 114 valence electrons. The van der Waals surface area contributed by atoms with Gasteiger partial charge < -0.3 is 14.8 Å². The van der Waals surface area contributed by atoms with Gasteiger partial charge in [0, 0.05) is 29.8 Å². The number of halogens is 1. The predicted octanol–water partition coefficient (Wildman–Crippen LogP) is 4.32. The first-order valence-corrected chi connectivity index (χ1v) is 8.13. The second kappa shape index (κ2) is 10.2. The molecule has 3 nitrogen and oxygen atoms in total. The van der Waals surface area contributed by atoms with E-state index in [9.17, 15) is 0 Å². The summed E-state index contributed by atoms with van der Waals surface area (Å²) in [6, 6.07) is 6.50. The third-order valence-corrected chi connectivity index (χ3v) is 3.63. The van der Waals surface area contributed by atoms with Crippen LogP contribution in [0.1, 0.15) is 44.7 Å². The summed E-state index contributed by atoms with van der Waals surface area (Å²) in [5.74, 6) is 0.974. The minimum atomic E-state index is 0.293. The summed E-state index contributed by atoms with van der Waals surface area (Å²) in [5.41, 5.74) is 1.21. The fourth-order valence-electron chi connectivity index (χ4n) is 1.99. The zero-order valence-electron chi connectivity index (χ0n) is 12.7. The Morgan fingerprint density at radius 3 is 2.70 bits per heavy atom. The highest BCUT2D eigenvalue weighted by atomic mass is 79.9. The van der Waals surface area contributed by atoms with Crippen LogP contribution >= 0.6 is 15.9 Å². The van der Waals surface area contributed by atoms with Crippen molar-refractivity contribution in [2.45, 2.75) is 39.2 Å². The molecule has 4 heteroatoms. The van der Waals surface area contributed by atoms with Gasteiger partial charge in [-0.05, 0) is 50.9 Å². The van der Waals surface area contributed by atoms with E-state index in [4.69, 9.17) is 9.47 Å². The molecule has 0 aliphatic carbocycles. The first kappa shape index (κ1) is 17.5. The number of rotatable bonds is 10. The van der Waals surface area contributed by atoms with Crippen LogP contribution in [0.5, 0.6) is 5.75 Å². The highest BCUT2D eigenvalue weighted by Gasteiger charge is 2.11. The van der Waals surface area contributed by atoms with Crippen LogP contribution in [0.2, 0.25) is 0 Å². The Morgan fingerprint density at radius 2 is 2.00 bits per heavy atom. The molecule has 0 spiro atoms. The van der Waals surface area contributed by atoms with Crippen molar-refractivity contribution in [3.63, 3.8) is 0 Å². The molecule has 0 radical (unpaired) electrons. The zero-order valence-corrected chi connectivity index (χ0v) is 14.3. The van der Waals surface area contributed by atoms with Gasteiger partial charge in [-0.25, -0.2) is 0 Å². The lowest BCUT2D eigenvalue weighted by atomic mass is 10.1. The number of unbranched alkanes of at least 4 members (excludes halogenated alkanes) is 1. The second-order valence-corrected chi connectivity index (χ2v) is 5.82. The second-order valence-electron chi connectivity index (χ2n) is 4.91. The van der Waals surface area contributed by atoms with Gasteiger partial charge in [-0.1, -0.05) is 22.9 Å². The monoisotopic (exact) mass is 343 g/mol. The van der Waals surface area contributed by atoms with Gasteiger partial charge in [-0.3, -0.25) is 0 Å². The van der Waals surface area contributed by atoms with Gasteiger partial charge in [0.25, 0.3) is 0 Å². The Bertz CT molecular complexity index is 385. The molecule has 0 amide bonds. The number of ether oxygens (including phenoxy) is 2. The summed E-state index contributed by atoms with van der Waals surface area (Å²) in [6.45, 7) is 6.90. The van der Waals surface area contributed by atoms with Crippen molar-refractivity contribution in [1.82, 2.24) is 5.32 Å². The van der Waals surface area contributed by atoms with Crippen LogP contribution in [-0.4, -0.2) is 26.9 Å². The molecule has 0 saturated heterocycles. The van der Waals surface area contributed by atoms with Gasteiger partial charge in [-0.15, -0.1) is 0 Å². The van der Waals surface area contributed by atoms with E-state index in [-0.39, 0.29) is 0 Å². The molecule has 1 atom stereocenters. The van der Waals surface area contributed by atoms with Crippen LogP contribution in [0.25, 0.3) is 0 Å². The minimum absolute atomic E-state index is 0.293. The molecule has 0 saturated carbocycles. The van der Waals surface area contributed by atoms with Gasteiger partial charge in [0.05, 0.1) is 6.61 Å². The van der Waals surface area contributed by atoms with Crippen molar-refractivity contribution in [2.24, 2.45) is 0 Å². The van der Waals surface area contributed by atoms with Crippen LogP contribution in [0.3, 0.4) is 0 Å². The molecular weight excluding hydrogens is 318 g/mol. The molecule has 1 aromatic rings. The SMILES string of the molecule is CCCNC(C)c1cc(Br)ccc1OCCCCOC. The third kappa shape index (κ3) is 6.25. The first-order valence-electron chi connectivity index (χ1n) is 7.33. The maximum absolute atomic E-state index is 5.92. The maximum Gasteiger partial charge on any atom is 0.124 e. The Labute approximate surface area is 131 Å². The molecule has 0 bridgehead atoms. The lowest BCUT2D eigenvalue weighted by Gasteiger charge is -2.18. The van der Waals surface area contributed by atoms with Gasteiger partial charge >= 0.3 is 0 Å². The van der Waals surface area contributed by atoms with Crippen LogP contribution in [-0.2, 0) is 4.74 Å². The van der Waals surface area contributed by atoms with E-state index < -0.39 is 0 Å². The third-order valence-electron chi connectivity index (χ3n) is 3.14. The minimum Gasteiger partial charge on any atom is -0.493 e. The first-order chi connectivity index (χ1) is 9.69. The molecule has 20 heavy (non-hydrogen) atoms. The number of hydrogen-bond acceptors (Lipinski definition) is 3. The molecule has 0 aliphatic rings. The van der Waals surface area contributed by atoms with Crippen LogP contribution in [0, 0.1) is 0 Å². The molecule has 1 aromatic carbocycles. The molecule has 1 N–H and O–H groups in total. The van der Waals surface area contributed by atoms with Crippen LogP contribution in [0.15, 0.2) is 22.7 Å². The van der Waals surface area contributed by atoms with E-state index in [0.29, 0.717) is 6.04 Å². The Hall–Kier alpha value is -0.580. The normalized spacial score (nSPS) is 12.4. The largest absolute Gasteiger partial charge is 0.493 e. The molecule has 0 aliphatic heterocycles. The lowest BCUT2D eigenvalue weighted by Crippen LogP contribution is -2.20. The fourth-order valence-corrected chi connectivity index (χ4v) is 2.37. The molecular formula is C16H26BrNO2. The van der Waals surface area contributed by atoms with Crippen molar-refractivity contribution in [1.29, 1.82) is 0 Å². The molecule has 0 aromatic heterocycles. The standard InChI is InChI=1S/C16H26BrNO2/c1-4-9-18-13(2)15-12-14(17)7-8-16(15)20-11-6-5-10-19-3/h7-8,12-13,18H,4-6,9-11H2,1-3H3. The average molecular weight is 344 g/mol. The summed E-state index contributed by atoms with van der Waals surface area (Å²) in [4.78, 5) is 0. The van der Waals surface area contributed by atoms with Crippen LogP contribution < -0.4 is 10.1 Å². The van der Waals surface area contributed by atoms with E-state index in [1.807, 2.05) is 12.1 Å². The Kier molecular flexibility index (Phi) is 8.90. The molecule has 1 rings (SSSR count). The van der Waals surface area contributed by atoms with Gasteiger partial charge in [0.1, 0.15) is 5.75 Å².